The fourth-order valence-electron chi connectivity index (χ4n) is 1.30. The standard InChI is InChI=1S/C11H18N4S/c1-4-6-12-11(16)13-7-10-8-15(5-2)14-9(10)3/h4,8H,1,5-7H2,2-3H3,(H2,12,13,16). The van der Waals surface area contributed by atoms with Crippen molar-refractivity contribution in [1.82, 2.24) is 20.4 Å². The second-order valence-corrected chi connectivity index (χ2v) is 3.86. The number of nitrogens with zero attached hydrogens (tertiary/aromatic N) is 2. The summed E-state index contributed by atoms with van der Waals surface area (Å²) in [5.41, 5.74) is 2.21. The van der Waals surface area contributed by atoms with Gasteiger partial charge in [-0.05, 0) is 26.1 Å². The van der Waals surface area contributed by atoms with Gasteiger partial charge in [-0.25, -0.2) is 0 Å². The Hall–Kier alpha value is -1.36. The molecule has 0 radical (unpaired) electrons. The smallest absolute Gasteiger partial charge is 0.166 e. The molecule has 88 valence electrons. The van der Waals surface area contributed by atoms with Crippen LogP contribution in [0.4, 0.5) is 0 Å². The minimum atomic E-state index is 0.642. The van der Waals surface area contributed by atoms with Crippen LogP contribution in [0.2, 0.25) is 0 Å². The van der Waals surface area contributed by atoms with Crippen molar-refractivity contribution in [1.29, 1.82) is 0 Å². The van der Waals surface area contributed by atoms with Crippen LogP contribution in [0.5, 0.6) is 0 Å². The molecule has 0 aliphatic rings. The monoisotopic (exact) mass is 238 g/mol. The largest absolute Gasteiger partial charge is 0.359 e. The summed E-state index contributed by atoms with van der Waals surface area (Å²) in [6.45, 7) is 9.96. The highest BCUT2D eigenvalue weighted by atomic mass is 32.1. The molecule has 0 saturated carbocycles. The Morgan fingerprint density at radius 3 is 2.94 bits per heavy atom. The summed E-state index contributed by atoms with van der Waals surface area (Å²) in [4.78, 5) is 0. The molecule has 1 aromatic rings. The number of rotatable bonds is 5. The van der Waals surface area contributed by atoms with Crippen molar-refractivity contribution in [2.24, 2.45) is 0 Å². The molecule has 0 aliphatic carbocycles. The number of aromatic nitrogens is 2. The molecule has 0 amide bonds. The van der Waals surface area contributed by atoms with Gasteiger partial charge in [0.25, 0.3) is 0 Å². The summed E-state index contributed by atoms with van der Waals surface area (Å²) in [5.74, 6) is 0. The van der Waals surface area contributed by atoms with E-state index in [-0.39, 0.29) is 0 Å². The van der Waals surface area contributed by atoms with Crippen LogP contribution in [0.15, 0.2) is 18.9 Å². The topological polar surface area (TPSA) is 41.9 Å². The Bertz CT molecular complexity index is 370. The van der Waals surface area contributed by atoms with Gasteiger partial charge in [-0.15, -0.1) is 6.58 Å². The second-order valence-electron chi connectivity index (χ2n) is 3.45. The Labute approximate surface area is 102 Å². The van der Waals surface area contributed by atoms with Crippen LogP contribution in [-0.4, -0.2) is 21.4 Å². The van der Waals surface area contributed by atoms with E-state index in [4.69, 9.17) is 12.2 Å². The maximum absolute atomic E-state index is 5.10. The van der Waals surface area contributed by atoms with Gasteiger partial charge in [0, 0.05) is 31.4 Å². The molecule has 4 nitrogen and oxygen atoms in total. The summed E-state index contributed by atoms with van der Waals surface area (Å²) >= 11 is 5.10. The lowest BCUT2D eigenvalue weighted by Crippen LogP contribution is -2.34. The number of thiocarbonyl (C=S) groups is 1. The molecule has 0 spiro atoms. The third-order valence-electron chi connectivity index (χ3n) is 2.22. The lowest BCUT2D eigenvalue weighted by Gasteiger charge is -2.07. The molecule has 2 N–H and O–H groups in total. The highest BCUT2D eigenvalue weighted by Gasteiger charge is 2.03. The molecule has 0 unspecified atom stereocenters. The predicted molar refractivity (Wildman–Crippen MR) is 70.3 cm³/mol. The van der Waals surface area contributed by atoms with Gasteiger partial charge in [-0.1, -0.05) is 6.08 Å². The summed E-state index contributed by atoms with van der Waals surface area (Å²) in [6, 6.07) is 0. The quantitative estimate of drug-likeness (QED) is 0.600. The number of hydrogen-bond acceptors (Lipinski definition) is 2. The van der Waals surface area contributed by atoms with Crippen molar-refractivity contribution in [3.05, 3.63) is 30.1 Å². The molecule has 1 aromatic heterocycles. The van der Waals surface area contributed by atoms with E-state index in [1.165, 1.54) is 5.56 Å². The average Bonchev–Trinajstić information content (AvgIpc) is 2.64. The van der Waals surface area contributed by atoms with Crippen LogP contribution in [0, 0.1) is 6.92 Å². The van der Waals surface area contributed by atoms with Crippen molar-refractivity contribution in [3.8, 4) is 0 Å². The van der Waals surface area contributed by atoms with Gasteiger partial charge in [0.05, 0.1) is 5.69 Å². The van der Waals surface area contributed by atoms with Gasteiger partial charge in [0.1, 0.15) is 0 Å². The highest BCUT2D eigenvalue weighted by molar-refractivity contribution is 7.80. The molecule has 0 aliphatic heterocycles. The van der Waals surface area contributed by atoms with Crippen molar-refractivity contribution < 1.29 is 0 Å². The second kappa shape index (κ2) is 6.27. The predicted octanol–water partition coefficient (Wildman–Crippen LogP) is 1.36. The summed E-state index contributed by atoms with van der Waals surface area (Å²) in [6.07, 6.45) is 3.81. The highest BCUT2D eigenvalue weighted by Crippen LogP contribution is 2.04. The Kier molecular flexibility index (Phi) is 4.98. The minimum Gasteiger partial charge on any atom is -0.359 e. The lowest BCUT2D eigenvalue weighted by atomic mass is 10.3. The van der Waals surface area contributed by atoms with Crippen LogP contribution in [-0.2, 0) is 13.1 Å². The van der Waals surface area contributed by atoms with Gasteiger partial charge < -0.3 is 10.6 Å². The number of hydrogen-bond donors (Lipinski definition) is 2. The van der Waals surface area contributed by atoms with E-state index in [0.29, 0.717) is 18.2 Å². The first-order chi connectivity index (χ1) is 7.67. The van der Waals surface area contributed by atoms with Crippen LogP contribution in [0.3, 0.4) is 0 Å². The third-order valence-corrected chi connectivity index (χ3v) is 2.51. The summed E-state index contributed by atoms with van der Waals surface area (Å²) < 4.78 is 1.92. The van der Waals surface area contributed by atoms with Crippen molar-refractivity contribution >= 4 is 17.3 Å². The molecule has 0 fully saturated rings. The van der Waals surface area contributed by atoms with Crippen molar-refractivity contribution in [2.75, 3.05) is 6.54 Å². The van der Waals surface area contributed by atoms with Gasteiger partial charge >= 0.3 is 0 Å². The molecular weight excluding hydrogens is 220 g/mol. The molecule has 16 heavy (non-hydrogen) atoms. The number of nitrogens with one attached hydrogen (secondary N) is 2. The fraction of sp³-hybridized carbons (Fsp3) is 0.455. The van der Waals surface area contributed by atoms with E-state index in [2.05, 4.69) is 29.2 Å². The van der Waals surface area contributed by atoms with E-state index in [1.54, 1.807) is 6.08 Å². The normalized spacial score (nSPS) is 9.88. The average molecular weight is 238 g/mol. The zero-order valence-electron chi connectivity index (χ0n) is 9.79. The summed E-state index contributed by atoms with van der Waals surface area (Å²) in [7, 11) is 0. The van der Waals surface area contributed by atoms with Gasteiger partial charge in [-0.2, -0.15) is 5.10 Å². The Morgan fingerprint density at radius 1 is 1.62 bits per heavy atom. The zero-order valence-corrected chi connectivity index (χ0v) is 10.6. The molecular formula is C11H18N4S. The molecule has 0 bridgehead atoms. The van der Waals surface area contributed by atoms with Gasteiger partial charge in [0.15, 0.2) is 5.11 Å². The van der Waals surface area contributed by atoms with Gasteiger partial charge in [-0.3, -0.25) is 4.68 Å². The minimum absolute atomic E-state index is 0.642. The fourth-order valence-corrected chi connectivity index (χ4v) is 1.45. The molecule has 0 saturated heterocycles. The first-order valence-electron chi connectivity index (χ1n) is 5.33. The Morgan fingerprint density at radius 2 is 2.38 bits per heavy atom. The lowest BCUT2D eigenvalue weighted by molar-refractivity contribution is 0.653. The SMILES string of the molecule is C=CCNC(=S)NCc1cn(CC)nc1C. The molecule has 1 heterocycles. The maximum atomic E-state index is 5.10. The Balaban J connectivity index is 2.44. The van der Waals surface area contributed by atoms with Crippen LogP contribution < -0.4 is 10.6 Å². The van der Waals surface area contributed by atoms with E-state index in [0.717, 1.165) is 12.2 Å². The van der Waals surface area contributed by atoms with Crippen LogP contribution in [0.25, 0.3) is 0 Å². The molecule has 0 aromatic carbocycles. The number of aryl methyl sites for hydroxylation is 2. The van der Waals surface area contributed by atoms with Crippen LogP contribution in [0.1, 0.15) is 18.2 Å². The zero-order chi connectivity index (χ0) is 12.0. The first kappa shape index (κ1) is 12.7. The van der Waals surface area contributed by atoms with Crippen molar-refractivity contribution in [3.63, 3.8) is 0 Å². The van der Waals surface area contributed by atoms with E-state index in [9.17, 15) is 0 Å². The maximum Gasteiger partial charge on any atom is 0.166 e. The first-order valence-corrected chi connectivity index (χ1v) is 5.73. The van der Waals surface area contributed by atoms with Crippen LogP contribution >= 0.6 is 12.2 Å². The molecule has 5 heteroatoms. The third kappa shape index (κ3) is 3.66. The molecule has 0 atom stereocenters. The van der Waals surface area contributed by atoms with Crippen molar-refractivity contribution in [2.45, 2.75) is 26.9 Å². The summed E-state index contributed by atoms with van der Waals surface area (Å²) in [5, 5.41) is 11.2. The van der Waals surface area contributed by atoms with Gasteiger partial charge in [0.2, 0.25) is 0 Å². The van der Waals surface area contributed by atoms with E-state index >= 15 is 0 Å². The molecule has 1 rings (SSSR count). The van der Waals surface area contributed by atoms with E-state index in [1.807, 2.05) is 17.8 Å². The van der Waals surface area contributed by atoms with E-state index < -0.39 is 0 Å².